The molecule has 0 heterocycles. The van der Waals surface area contributed by atoms with Gasteiger partial charge < -0.3 is 4.48 Å². The molecule has 0 aliphatic heterocycles. The summed E-state index contributed by atoms with van der Waals surface area (Å²) in [6.07, 6.45) is 7.83. The predicted molar refractivity (Wildman–Crippen MR) is 79.6 cm³/mol. The van der Waals surface area contributed by atoms with E-state index in [0.29, 0.717) is 5.57 Å². The molecule has 0 rings (SSSR count). The molecule has 106 valence electrons. The van der Waals surface area contributed by atoms with Gasteiger partial charge in [-0.1, -0.05) is 39.2 Å². The van der Waals surface area contributed by atoms with Gasteiger partial charge in [-0.25, -0.2) is 0 Å². The summed E-state index contributed by atoms with van der Waals surface area (Å²) in [5.74, 6) is 0.200. The first-order valence-electron chi connectivity index (χ1n) is 7.35. The van der Waals surface area contributed by atoms with Crippen molar-refractivity contribution in [1.82, 2.24) is 0 Å². The van der Waals surface area contributed by atoms with E-state index >= 15 is 0 Å². The number of likely N-dealkylation sites (N-methyl/N-ethyl adjacent to an activating group) is 1. The third-order valence-electron chi connectivity index (χ3n) is 3.94. The van der Waals surface area contributed by atoms with Gasteiger partial charge in [0.1, 0.15) is 6.04 Å². The lowest BCUT2D eigenvalue weighted by molar-refractivity contribution is -0.904. The van der Waals surface area contributed by atoms with E-state index < -0.39 is 0 Å². The summed E-state index contributed by atoms with van der Waals surface area (Å²) < 4.78 is 0.777. The monoisotopic (exact) mass is 254 g/mol. The predicted octanol–water partition coefficient (Wildman–Crippen LogP) is 3.96. The highest BCUT2D eigenvalue weighted by molar-refractivity contribution is 5.97. The summed E-state index contributed by atoms with van der Waals surface area (Å²) in [5.41, 5.74) is 0.677. The lowest BCUT2D eigenvalue weighted by Crippen LogP contribution is -2.52. The van der Waals surface area contributed by atoms with Crippen LogP contribution in [-0.4, -0.2) is 36.9 Å². The second-order valence-corrected chi connectivity index (χ2v) is 6.09. The second-order valence-electron chi connectivity index (χ2n) is 6.09. The fourth-order valence-electron chi connectivity index (χ4n) is 2.17. The van der Waals surface area contributed by atoms with Gasteiger partial charge in [0.15, 0.2) is 0 Å². The number of unbranched alkanes of at least 4 members (excludes halogenated alkanes) is 5. The quantitative estimate of drug-likeness (QED) is 0.328. The number of carbonyl (C=O) groups excluding carboxylic acids is 1. The lowest BCUT2D eigenvalue weighted by Gasteiger charge is -2.35. The number of hydrogen-bond acceptors (Lipinski definition) is 1. The Kier molecular flexibility index (Phi) is 8.17. The second kappa shape index (κ2) is 8.47. The molecule has 0 amide bonds. The van der Waals surface area contributed by atoms with Crippen LogP contribution < -0.4 is 0 Å². The van der Waals surface area contributed by atoms with Crippen LogP contribution in [0.4, 0.5) is 0 Å². The Bertz CT molecular complexity index is 268. The van der Waals surface area contributed by atoms with Crippen molar-refractivity contribution in [3.8, 4) is 0 Å². The van der Waals surface area contributed by atoms with Gasteiger partial charge in [-0.2, -0.15) is 0 Å². The maximum Gasteiger partial charge on any atom is 0.214 e. The normalized spacial score (nSPS) is 13.4. The number of ketones is 1. The molecule has 0 spiro atoms. The zero-order valence-corrected chi connectivity index (χ0v) is 13.1. The van der Waals surface area contributed by atoms with E-state index in [-0.39, 0.29) is 11.8 Å². The van der Waals surface area contributed by atoms with Gasteiger partial charge >= 0.3 is 0 Å². The average molecular weight is 254 g/mol. The fourth-order valence-corrected chi connectivity index (χ4v) is 2.17. The van der Waals surface area contributed by atoms with Crippen molar-refractivity contribution in [3.63, 3.8) is 0 Å². The van der Waals surface area contributed by atoms with E-state index in [1.165, 1.54) is 38.5 Å². The van der Waals surface area contributed by atoms with Gasteiger partial charge in [-0.15, -0.1) is 0 Å². The Hall–Kier alpha value is -0.630. The first kappa shape index (κ1) is 17.4. The van der Waals surface area contributed by atoms with E-state index in [2.05, 4.69) is 27.6 Å². The minimum absolute atomic E-state index is 0.0261. The Morgan fingerprint density at radius 1 is 1.11 bits per heavy atom. The standard InChI is InChI=1S/C16H32NO/c1-7-8-9-10-11-12-13-17(5,6)15(4)16(18)14(2)3/h15H,2,7-13H2,1,3-6H3/q+1. The maximum atomic E-state index is 11.9. The third kappa shape index (κ3) is 6.34. The van der Waals surface area contributed by atoms with Gasteiger partial charge in [0.2, 0.25) is 5.78 Å². The van der Waals surface area contributed by atoms with Crippen LogP contribution in [0.2, 0.25) is 0 Å². The Morgan fingerprint density at radius 2 is 1.61 bits per heavy atom. The average Bonchev–Trinajstić information content (AvgIpc) is 2.31. The summed E-state index contributed by atoms with van der Waals surface area (Å²) in [6, 6.07) is 0.0261. The van der Waals surface area contributed by atoms with Crippen molar-refractivity contribution in [2.45, 2.75) is 65.3 Å². The SMILES string of the molecule is C=C(C)C(=O)C(C)[N+](C)(C)CCCCCCCC. The summed E-state index contributed by atoms with van der Waals surface area (Å²) in [4.78, 5) is 11.9. The molecule has 0 bridgehead atoms. The van der Waals surface area contributed by atoms with Crippen LogP contribution >= 0.6 is 0 Å². The number of quaternary nitrogens is 1. The number of rotatable bonds is 10. The highest BCUT2D eigenvalue weighted by Crippen LogP contribution is 2.14. The minimum Gasteiger partial charge on any atom is -0.320 e. The molecule has 2 heteroatoms. The molecular weight excluding hydrogens is 222 g/mol. The Balaban J connectivity index is 3.99. The molecule has 1 unspecified atom stereocenters. The zero-order valence-electron chi connectivity index (χ0n) is 13.1. The molecule has 0 saturated carbocycles. The van der Waals surface area contributed by atoms with E-state index in [1.54, 1.807) is 0 Å². The molecule has 0 aromatic rings. The van der Waals surface area contributed by atoms with Gasteiger partial charge in [0.05, 0.1) is 20.6 Å². The molecule has 0 aromatic carbocycles. The van der Waals surface area contributed by atoms with Gasteiger partial charge in [0.25, 0.3) is 0 Å². The molecule has 0 aliphatic carbocycles. The van der Waals surface area contributed by atoms with Crippen molar-refractivity contribution in [2.75, 3.05) is 20.6 Å². The van der Waals surface area contributed by atoms with E-state index in [9.17, 15) is 4.79 Å². The summed E-state index contributed by atoms with van der Waals surface area (Å²) in [6.45, 7) is 10.9. The van der Waals surface area contributed by atoms with Crippen molar-refractivity contribution in [1.29, 1.82) is 0 Å². The van der Waals surface area contributed by atoms with Gasteiger partial charge in [-0.05, 0) is 32.3 Å². The summed E-state index contributed by atoms with van der Waals surface area (Å²) in [7, 11) is 4.30. The van der Waals surface area contributed by atoms with Crippen LogP contribution in [0.5, 0.6) is 0 Å². The molecule has 0 aliphatic rings. The Labute approximate surface area is 114 Å². The van der Waals surface area contributed by atoms with Crippen LogP contribution in [0.1, 0.15) is 59.3 Å². The van der Waals surface area contributed by atoms with Crippen molar-refractivity contribution >= 4 is 5.78 Å². The number of Topliss-reactive ketones (excluding diaryl/α,β-unsaturated/α-hetero) is 1. The number of nitrogens with zero attached hydrogens (tertiary/aromatic N) is 1. The Morgan fingerprint density at radius 3 is 2.11 bits per heavy atom. The molecular formula is C16H32NO+. The van der Waals surface area contributed by atoms with E-state index in [4.69, 9.17) is 0 Å². The molecule has 0 saturated heterocycles. The van der Waals surface area contributed by atoms with Gasteiger partial charge in [0, 0.05) is 0 Å². The van der Waals surface area contributed by atoms with E-state index in [1.807, 2.05) is 13.8 Å². The summed E-state index contributed by atoms with van der Waals surface area (Å²) in [5, 5.41) is 0. The van der Waals surface area contributed by atoms with Crippen LogP contribution in [-0.2, 0) is 4.79 Å². The van der Waals surface area contributed by atoms with Crippen molar-refractivity contribution < 1.29 is 9.28 Å². The van der Waals surface area contributed by atoms with Gasteiger partial charge in [-0.3, -0.25) is 4.79 Å². The molecule has 2 nitrogen and oxygen atoms in total. The largest absolute Gasteiger partial charge is 0.320 e. The van der Waals surface area contributed by atoms with Crippen LogP contribution in [0.25, 0.3) is 0 Å². The van der Waals surface area contributed by atoms with Crippen LogP contribution in [0, 0.1) is 0 Å². The van der Waals surface area contributed by atoms with Crippen LogP contribution in [0.3, 0.4) is 0 Å². The lowest BCUT2D eigenvalue weighted by atomic mass is 10.0. The number of carbonyl (C=O) groups is 1. The first-order valence-corrected chi connectivity index (χ1v) is 7.35. The minimum atomic E-state index is 0.0261. The molecule has 0 radical (unpaired) electrons. The molecule has 0 N–H and O–H groups in total. The molecule has 0 aromatic heterocycles. The smallest absolute Gasteiger partial charge is 0.214 e. The molecule has 18 heavy (non-hydrogen) atoms. The molecule has 1 atom stereocenters. The van der Waals surface area contributed by atoms with Crippen LogP contribution in [0.15, 0.2) is 12.2 Å². The molecule has 0 fully saturated rings. The fraction of sp³-hybridized carbons (Fsp3) is 0.812. The zero-order chi connectivity index (χ0) is 14.2. The highest BCUT2D eigenvalue weighted by atomic mass is 16.1. The maximum absolute atomic E-state index is 11.9. The topological polar surface area (TPSA) is 17.1 Å². The number of hydrogen-bond donors (Lipinski definition) is 0. The highest BCUT2D eigenvalue weighted by Gasteiger charge is 2.29. The summed E-state index contributed by atoms with van der Waals surface area (Å²) >= 11 is 0. The van der Waals surface area contributed by atoms with Crippen molar-refractivity contribution in [3.05, 3.63) is 12.2 Å². The van der Waals surface area contributed by atoms with E-state index in [0.717, 1.165) is 11.0 Å². The third-order valence-corrected chi connectivity index (χ3v) is 3.94. The van der Waals surface area contributed by atoms with Crippen molar-refractivity contribution in [2.24, 2.45) is 0 Å². The first-order chi connectivity index (χ1) is 8.33.